The highest BCUT2D eigenvalue weighted by Gasteiger charge is 2.28. The van der Waals surface area contributed by atoms with E-state index < -0.39 is 0 Å². The Morgan fingerprint density at radius 1 is 1.30 bits per heavy atom. The van der Waals surface area contributed by atoms with Crippen molar-refractivity contribution in [3.63, 3.8) is 0 Å². The summed E-state index contributed by atoms with van der Waals surface area (Å²) in [6.07, 6.45) is 1.81. The monoisotopic (exact) mass is 286 g/mol. The first-order valence-electron chi connectivity index (χ1n) is 6.06. The zero-order valence-electron chi connectivity index (χ0n) is 10.7. The van der Waals surface area contributed by atoms with Crippen LogP contribution in [0.3, 0.4) is 0 Å². The van der Waals surface area contributed by atoms with Crippen LogP contribution in [0.15, 0.2) is 52.5 Å². The molecular formula is C15H11FN2OS. The Labute approximate surface area is 119 Å². The molecule has 3 nitrogen and oxygen atoms in total. The fraction of sp³-hybridized carbons (Fsp3) is 0.0667. The first-order valence-corrected chi connectivity index (χ1v) is 6.94. The minimum Gasteiger partial charge on any atom is -0.267 e. The van der Waals surface area contributed by atoms with Gasteiger partial charge in [0, 0.05) is 4.88 Å². The van der Waals surface area contributed by atoms with Crippen LogP contribution in [0.2, 0.25) is 0 Å². The topological polar surface area (TPSA) is 32.7 Å². The molecule has 0 aliphatic carbocycles. The maximum Gasteiger partial charge on any atom is 0.280 e. The van der Waals surface area contributed by atoms with Gasteiger partial charge in [0.25, 0.3) is 5.91 Å². The van der Waals surface area contributed by atoms with Crippen molar-refractivity contribution in [1.82, 2.24) is 0 Å². The van der Waals surface area contributed by atoms with E-state index in [0.717, 1.165) is 4.88 Å². The van der Waals surface area contributed by atoms with Crippen LogP contribution >= 0.6 is 11.3 Å². The molecule has 1 aliphatic heterocycles. The molecule has 100 valence electrons. The molecule has 0 bridgehead atoms. The second-order valence-corrected chi connectivity index (χ2v) is 5.33. The Morgan fingerprint density at radius 2 is 2.15 bits per heavy atom. The Balaban J connectivity index is 1.97. The molecule has 0 N–H and O–H groups in total. The number of nitrogens with zero attached hydrogens (tertiary/aromatic N) is 2. The van der Waals surface area contributed by atoms with E-state index >= 15 is 0 Å². The summed E-state index contributed by atoms with van der Waals surface area (Å²) in [5, 5.41) is 7.39. The predicted molar refractivity (Wildman–Crippen MR) is 79.3 cm³/mol. The maximum atomic E-state index is 13.2. The summed E-state index contributed by atoms with van der Waals surface area (Å²) in [6.45, 7) is 1.77. The summed E-state index contributed by atoms with van der Waals surface area (Å²) in [7, 11) is 0. The Kier molecular flexibility index (Phi) is 3.20. The van der Waals surface area contributed by atoms with Crippen molar-refractivity contribution in [2.45, 2.75) is 6.92 Å². The predicted octanol–water partition coefficient (Wildman–Crippen LogP) is 3.69. The Bertz CT molecular complexity index is 719. The smallest absolute Gasteiger partial charge is 0.267 e. The van der Waals surface area contributed by atoms with E-state index in [1.54, 1.807) is 30.4 Å². The van der Waals surface area contributed by atoms with Gasteiger partial charge < -0.3 is 0 Å². The molecule has 1 aliphatic rings. The molecule has 2 aromatic rings. The van der Waals surface area contributed by atoms with Gasteiger partial charge in [-0.15, -0.1) is 11.3 Å². The van der Waals surface area contributed by atoms with E-state index in [1.807, 2.05) is 23.6 Å². The molecule has 20 heavy (non-hydrogen) atoms. The third-order valence-corrected chi connectivity index (χ3v) is 3.76. The summed E-state index contributed by atoms with van der Waals surface area (Å²) in [5.41, 5.74) is 1.60. The number of thiophene rings is 1. The first kappa shape index (κ1) is 12.7. The van der Waals surface area contributed by atoms with Crippen molar-refractivity contribution >= 4 is 34.7 Å². The number of carbonyl (C=O) groups excluding carboxylic acids is 1. The van der Waals surface area contributed by atoms with Gasteiger partial charge in [0.2, 0.25) is 0 Å². The van der Waals surface area contributed by atoms with Gasteiger partial charge in [-0.3, -0.25) is 4.79 Å². The number of hydrogen-bond acceptors (Lipinski definition) is 3. The van der Waals surface area contributed by atoms with Gasteiger partial charge in [-0.2, -0.15) is 10.1 Å². The second-order valence-electron chi connectivity index (χ2n) is 4.36. The molecule has 0 radical (unpaired) electrons. The molecule has 0 fully saturated rings. The van der Waals surface area contributed by atoms with E-state index in [0.29, 0.717) is 17.0 Å². The van der Waals surface area contributed by atoms with Gasteiger partial charge in [0.15, 0.2) is 0 Å². The second kappa shape index (κ2) is 5.02. The molecule has 0 saturated heterocycles. The van der Waals surface area contributed by atoms with Crippen LogP contribution in [0.4, 0.5) is 10.1 Å². The van der Waals surface area contributed by atoms with Crippen molar-refractivity contribution in [2.24, 2.45) is 5.10 Å². The molecule has 1 amide bonds. The number of benzene rings is 1. The zero-order chi connectivity index (χ0) is 14.1. The number of amides is 1. The molecular weight excluding hydrogens is 275 g/mol. The first-order chi connectivity index (χ1) is 9.65. The molecule has 3 rings (SSSR count). The molecule has 0 unspecified atom stereocenters. The SMILES string of the molecule is CC1=NN(c2cccc(F)c2)C(=O)/C1=C\c1cccs1. The number of anilines is 1. The lowest BCUT2D eigenvalue weighted by Gasteiger charge is -2.11. The molecule has 0 saturated carbocycles. The van der Waals surface area contributed by atoms with Gasteiger partial charge in [0.1, 0.15) is 5.82 Å². The fourth-order valence-corrected chi connectivity index (χ4v) is 2.64. The Morgan fingerprint density at radius 3 is 2.85 bits per heavy atom. The largest absolute Gasteiger partial charge is 0.280 e. The maximum absolute atomic E-state index is 13.2. The van der Waals surface area contributed by atoms with Crippen molar-refractivity contribution in [3.05, 3.63) is 58.0 Å². The van der Waals surface area contributed by atoms with Crippen LogP contribution in [-0.2, 0) is 4.79 Å². The van der Waals surface area contributed by atoms with Crippen LogP contribution in [0.5, 0.6) is 0 Å². The fourth-order valence-electron chi connectivity index (χ4n) is 1.98. The van der Waals surface area contributed by atoms with E-state index in [9.17, 15) is 9.18 Å². The van der Waals surface area contributed by atoms with E-state index in [2.05, 4.69) is 5.10 Å². The minimum absolute atomic E-state index is 0.235. The minimum atomic E-state index is -0.390. The van der Waals surface area contributed by atoms with E-state index in [4.69, 9.17) is 0 Å². The number of hydrazone groups is 1. The van der Waals surface area contributed by atoms with Crippen LogP contribution in [-0.4, -0.2) is 11.6 Å². The van der Waals surface area contributed by atoms with Crippen LogP contribution in [0.1, 0.15) is 11.8 Å². The molecule has 1 aromatic carbocycles. The van der Waals surface area contributed by atoms with E-state index in [-0.39, 0.29) is 11.7 Å². The van der Waals surface area contributed by atoms with Gasteiger partial charge in [-0.05, 0) is 42.6 Å². The molecule has 5 heteroatoms. The third kappa shape index (κ3) is 2.28. The summed E-state index contributed by atoms with van der Waals surface area (Å²) >= 11 is 1.55. The highest BCUT2D eigenvalue weighted by atomic mass is 32.1. The number of hydrogen-bond donors (Lipinski definition) is 0. The summed E-state index contributed by atoms with van der Waals surface area (Å²) in [6, 6.07) is 9.71. The van der Waals surface area contributed by atoms with Crippen molar-refractivity contribution in [3.8, 4) is 0 Å². The molecule has 0 spiro atoms. The highest BCUT2D eigenvalue weighted by Crippen LogP contribution is 2.26. The van der Waals surface area contributed by atoms with Crippen molar-refractivity contribution in [1.29, 1.82) is 0 Å². The quantitative estimate of drug-likeness (QED) is 0.775. The number of rotatable bonds is 2. The Hall–Kier alpha value is -2.27. The lowest BCUT2D eigenvalue weighted by atomic mass is 10.1. The number of carbonyl (C=O) groups is 1. The van der Waals surface area contributed by atoms with Gasteiger partial charge in [-0.1, -0.05) is 12.1 Å². The van der Waals surface area contributed by atoms with E-state index in [1.165, 1.54) is 17.1 Å². The van der Waals surface area contributed by atoms with Crippen LogP contribution in [0.25, 0.3) is 6.08 Å². The summed E-state index contributed by atoms with van der Waals surface area (Å²) in [4.78, 5) is 13.4. The molecule has 2 heterocycles. The lowest BCUT2D eigenvalue weighted by molar-refractivity contribution is -0.114. The third-order valence-electron chi connectivity index (χ3n) is 2.95. The van der Waals surface area contributed by atoms with Crippen LogP contribution < -0.4 is 5.01 Å². The van der Waals surface area contributed by atoms with Crippen molar-refractivity contribution < 1.29 is 9.18 Å². The number of halogens is 1. The average molecular weight is 286 g/mol. The molecule has 1 aromatic heterocycles. The highest BCUT2D eigenvalue weighted by molar-refractivity contribution is 7.10. The summed E-state index contributed by atoms with van der Waals surface area (Å²) in [5.74, 6) is -0.625. The average Bonchev–Trinajstić information content (AvgIpc) is 3.02. The zero-order valence-corrected chi connectivity index (χ0v) is 11.5. The summed E-state index contributed by atoms with van der Waals surface area (Å²) < 4.78 is 13.2. The van der Waals surface area contributed by atoms with Crippen LogP contribution in [0, 0.1) is 5.82 Å². The van der Waals surface area contributed by atoms with Gasteiger partial charge in [-0.25, -0.2) is 4.39 Å². The van der Waals surface area contributed by atoms with Gasteiger partial charge >= 0.3 is 0 Å². The van der Waals surface area contributed by atoms with Gasteiger partial charge in [0.05, 0.1) is 17.0 Å². The normalized spacial score (nSPS) is 16.9. The molecule has 0 atom stereocenters. The lowest BCUT2D eigenvalue weighted by Crippen LogP contribution is -2.21. The van der Waals surface area contributed by atoms with Crippen molar-refractivity contribution in [2.75, 3.05) is 5.01 Å². The standard InChI is InChI=1S/C15H11FN2OS/c1-10-14(9-13-6-3-7-20-13)15(19)18(17-10)12-5-2-4-11(16)8-12/h2-9H,1H3/b14-9-.